The fraction of sp³-hybridized carbons (Fsp3) is 0.176. The van der Waals surface area contributed by atoms with E-state index in [2.05, 4.69) is 20.0 Å². The number of pyridine rings is 1. The quantitative estimate of drug-likeness (QED) is 0.650. The first kappa shape index (κ1) is 17.4. The molecule has 2 heterocycles. The van der Waals surface area contributed by atoms with E-state index in [0.29, 0.717) is 12.1 Å². The molecule has 0 unspecified atom stereocenters. The van der Waals surface area contributed by atoms with Gasteiger partial charge in [-0.15, -0.1) is 11.3 Å². The van der Waals surface area contributed by atoms with E-state index in [1.54, 1.807) is 24.5 Å². The van der Waals surface area contributed by atoms with E-state index < -0.39 is 10.0 Å². The summed E-state index contributed by atoms with van der Waals surface area (Å²) in [6, 6.07) is 11.0. The highest BCUT2D eigenvalue weighted by Gasteiger charge is 2.09. The monoisotopic (exact) mass is 374 g/mol. The van der Waals surface area contributed by atoms with Gasteiger partial charge in [-0.1, -0.05) is 19.1 Å². The number of sulfonamides is 1. The number of nitrogens with one attached hydrogen (secondary N) is 2. The number of hydrogen-bond acceptors (Lipinski definition) is 6. The van der Waals surface area contributed by atoms with Crippen molar-refractivity contribution < 1.29 is 8.42 Å². The van der Waals surface area contributed by atoms with Gasteiger partial charge in [-0.05, 0) is 30.7 Å². The fourth-order valence-corrected chi connectivity index (χ4v) is 4.11. The molecule has 1 aromatic carbocycles. The molecule has 3 rings (SSSR count). The first-order chi connectivity index (χ1) is 12.1. The van der Waals surface area contributed by atoms with Crippen LogP contribution in [-0.4, -0.2) is 24.1 Å². The number of benzene rings is 1. The summed E-state index contributed by atoms with van der Waals surface area (Å²) in [4.78, 5) is 8.61. The third-order valence-corrected chi connectivity index (χ3v) is 5.59. The summed E-state index contributed by atoms with van der Waals surface area (Å²) < 4.78 is 26.2. The van der Waals surface area contributed by atoms with Gasteiger partial charge in [0.05, 0.1) is 23.3 Å². The van der Waals surface area contributed by atoms with Gasteiger partial charge < -0.3 is 5.32 Å². The van der Waals surface area contributed by atoms with Gasteiger partial charge in [0.2, 0.25) is 10.0 Å². The lowest BCUT2D eigenvalue weighted by molar-refractivity contribution is 0.600. The van der Waals surface area contributed by atoms with E-state index in [1.165, 1.54) is 11.3 Å². The van der Waals surface area contributed by atoms with Gasteiger partial charge in [-0.2, -0.15) is 0 Å². The Labute approximate surface area is 151 Å². The van der Waals surface area contributed by atoms with Crippen LogP contribution in [0.2, 0.25) is 0 Å². The van der Waals surface area contributed by atoms with E-state index >= 15 is 0 Å². The predicted molar refractivity (Wildman–Crippen MR) is 103 cm³/mol. The van der Waals surface area contributed by atoms with Gasteiger partial charge in [0.1, 0.15) is 0 Å². The third kappa shape index (κ3) is 4.77. The molecule has 0 saturated heterocycles. The molecule has 2 N–H and O–H groups in total. The summed E-state index contributed by atoms with van der Waals surface area (Å²) in [5, 5.41) is 5.93. The molecule has 0 aliphatic carbocycles. The smallest absolute Gasteiger partial charge is 0.232 e. The molecule has 8 heteroatoms. The van der Waals surface area contributed by atoms with Crippen molar-refractivity contribution in [2.75, 3.05) is 15.8 Å². The maximum absolute atomic E-state index is 11.8. The second-order valence-corrected chi connectivity index (χ2v) is 8.10. The van der Waals surface area contributed by atoms with Gasteiger partial charge in [-0.25, -0.2) is 13.4 Å². The van der Waals surface area contributed by atoms with E-state index in [-0.39, 0.29) is 5.75 Å². The van der Waals surface area contributed by atoms with Crippen molar-refractivity contribution >= 4 is 37.9 Å². The lowest BCUT2D eigenvalue weighted by atomic mass is 10.1. The summed E-state index contributed by atoms with van der Waals surface area (Å²) >= 11 is 1.50. The van der Waals surface area contributed by atoms with E-state index in [4.69, 9.17) is 0 Å². The number of rotatable bonds is 7. The number of thiazole rings is 1. The minimum absolute atomic E-state index is 0.115. The first-order valence-corrected chi connectivity index (χ1v) is 10.3. The Kier molecular flexibility index (Phi) is 5.30. The van der Waals surface area contributed by atoms with Gasteiger partial charge >= 0.3 is 0 Å². The second-order valence-electron chi connectivity index (χ2n) is 5.40. The fourth-order valence-electron chi connectivity index (χ4n) is 2.23. The zero-order valence-corrected chi connectivity index (χ0v) is 15.3. The highest BCUT2D eigenvalue weighted by molar-refractivity contribution is 7.92. The Balaban J connectivity index is 1.71. The molecule has 0 fully saturated rings. The first-order valence-electron chi connectivity index (χ1n) is 7.79. The average Bonchev–Trinajstić information content (AvgIpc) is 3.04. The molecule has 0 amide bonds. The Morgan fingerprint density at radius 1 is 1.12 bits per heavy atom. The van der Waals surface area contributed by atoms with Crippen LogP contribution in [0.25, 0.3) is 11.3 Å². The SMILES string of the molecule is CCCS(=O)(=O)Nc1ccc(-c2csc(Nc3cccnc3)n2)cc1. The summed E-state index contributed by atoms with van der Waals surface area (Å²) in [5.74, 6) is 0.115. The van der Waals surface area contributed by atoms with Crippen LogP contribution in [0.15, 0.2) is 54.2 Å². The van der Waals surface area contributed by atoms with E-state index in [1.807, 2.05) is 36.6 Å². The Morgan fingerprint density at radius 3 is 2.60 bits per heavy atom. The Morgan fingerprint density at radius 2 is 1.92 bits per heavy atom. The van der Waals surface area contributed by atoms with Crippen LogP contribution in [0.3, 0.4) is 0 Å². The van der Waals surface area contributed by atoms with Crippen molar-refractivity contribution in [3.63, 3.8) is 0 Å². The second kappa shape index (κ2) is 7.62. The van der Waals surface area contributed by atoms with Crippen molar-refractivity contribution in [3.05, 3.63) is 54.2 Å². The molecule has 0 radical (unpaired) electrons. The lowest BCUT2D eigenvalue weighted by Crippen LogP contribution is -2.15. The molecule has 2 aromatic heterocycles. The number of anilines is 3. The summed E-state index contributed by atoms with van der Waals surface area (Å²) in [7, 11) is -3.27. The Bertz CT molecular complexity index is 923. The zero-order chi connectivity index (χ0) is 17.7. The molecule has 0 saturated carbocycles. The highest BCUT2D eigenvalue weighted by atomic mass is 32.2. The zero-order valence-electron chi connectivity index (χ0n) is 13.6. The number of aromatic nitrogens is 2. The summed E-state index contributed by atoms with van der Waals surface area (Å²) in [6.45, 7) is 1.84. The average molecular weight is 374 g/mol. The lowest BCUT2D eigenvalue weighted by Gasteiger charge is -2.07. The van der Waals surface area contributed by atoms with Crippen LogP contribution in [-0.2, 0) is 10.0 Å². The number of nitrogens with zero attached hydrogens (tertiary/aromatic N) is 2. The number of hydrogen-bond donors (Lipinski definition) is 2. The van der Waals surface area contributed by atoms with Crippen molar-refractivity contribution in [1.82, 2.24) is 9.97 Å². The van der Waals surface area contributed by atoms with Gasteiger partial charge in [0.25, 0.3) is 0 Å². The third-order valence-electron chi connectivity index (χ3n) is 3.34. The minimum atomic E-state index is -3.27. The summed E-state index contributed by atoms with van der Waals surface area (Å²) in [6.07, 6.45) is 4.03. The van der Waals surface area contributed by atoms with Crippen molar-refractivity contribution in [2.24, 2.45) is 0 Å². The van der Waals surface area contributed by atoms with Crippen LogP contribution in [0, 0.1) is 0 Å². The van der Waals surface area contributed by atoms with Crippen LogP contribution >= 0.6 is 11.3 Å². The Hall–Kier alpha value is -2.45. The van der Waals surface area contributed by atoms with Crippen LogP contribution in [0.5, 0.6) is 0 Å². The molecular formula is C17H18N4O2S2. The highest BCUT2D eigenvalue weighted by Crippen LogP contribution is 2.27. The minimum Gasteiger partial charge on any atom is -0.330 e. The maximum atomic E-state index is 11.8. The molecule has 25 heavy (non-hydrogen) atoms. The molecule has 0 atom stereocenters. The van der Waals surface area contributed by atoms with Crippen LogP contribution in [0.4, 0.5) is 16.5 Å². The van der Waals surface area contributed by atoms with E-state index in [9.17, 15) is 8.42 Å². The largest absolute Gasteiger partial charge is 0.330 e. The molecule has 0 bridgehead atoms. The summed E-state index contributed by atoms with van der Waals surface area (Å²) in [5.41, 5.74) is 3.19. The van der Waals surface area contributed by atoms with Gasteiger partial charge in [0.15, 0.2) is 5.13 Å². The van der Waals surface area contributed by atoms with Gasteiger partial charge in [0, 0.05) is 22.8 Å². The van der Waals surface area contributed by atoms with E-state index in [0.717, 1.165) is 22.1 Å². The van der Waals surface area contributed by atoms with Crippen molar-refractivity contribution in [1.29, 1.82) is 0 Å². The molecular weight excluding hydrogens is 356 g/mol. The molecule has 6 nitrogen and oxygen atoms in total. The maximum Gasteiger partial charge on any atom is 0.232 e. The van der Waals surface area contributed by atoms with Crippen LogP contribution < -0.4 is 10.0 Å². The standard InChI is InChI=1S/C17H18N4O2S2/c1-2-10-25(22,23)21-14-7-5-13(6-8-14)16-12-24-17(20-16)19-15-4-3-9-18-11-15/h3-9,11-12,21H,2,10H2,1H3,(H,19,20). The molecule has 0 aliphatic rings. The predicted octanol–water partition coefficient (Wildman–Crippen LogP) is 4.10. The van der Waals surface area contributed by atoms with Crippen molar-refractivity contribution in [3.8, 4) is 11.3 Å². The van der Waals surface area contributed by atoms with Crippen LogP contribution in [0.1, 0.15) is 13.3 Å². The van der Waals surface area contributed by atoms with Crippen molar-refractivity contribution in [2.45, 2.75) is 13.3 Å². The molecule has 0 spiro atoms. The topological polar surface area (TPSA) is 84.0 Å². The van der Waals surface area contributed by atoms with Gasteiger partial charge in [-0.3, -0.25) is 9.71 Å². The molecule has 0 aliphatic heterocycles. The normalized spacial score (nSPS) is 11.2. The molecule has 130 valence electrons. The molecule has 3 aromatic rings.